The van der Waals surface area contributed by atoms with Crippen LogP contribution in [0.2, 0.25) is 0 Å². The summed E-state index contributed by atoms with van der Waals surface area (Å²) in [5.41, 5.74) is 5.12. The fraction of sp³-hybridized carbons (Fsp3) is 1.00. The average molecular weight is 169 g/mol. The normalized spacial score (nSPS) is 17.2. The minimum Gasteiger partial charge on any atom is -0.338 e. The molecule has 0 bridgehead atoms. The molecule has 0 saturated carbocycles. The van der Waals surface area contributed by atoms with Gasteiger partial charge < -0.3 is 19.7 Å². The third-order valence-electron chi connectivity index (χ3n) is 0.696. The van der Waals surface area contributed by atoms with Crippen LogP contribution in [0.15, 0.2) is 0 Å². The Bertz CT molecular complexity index is 120. The summed E-state index contributed by atoms with van der Waals surface area (Å²) in [6, 6.07) is 0. The molecule has 0 aliphatic carbocycles. The molecular formula is C3H12NO3PSi. The Labute approximate surface area is 57.4 Å². The van der Waals surface area contributed by atoms with E-state index in [-0.39, 0.29) is 0 Å². The molecule has 0 aromatic carbocycles. The first-order valence-electron chi connectivity index (χ1n) is 2.49. The van der Waals surface area contributed by atoms with Crippen LogP contribution in [0.1, 0.15) is 0 Å². The maximum absolute atomic E-state index is 9.08. The Morgan fingerprint density at radius 1 is 1.78 bits per heavy atom. The van der Waals surface area contributed by atoms with Gasteiger partial charge in [0.1, 0.15) is 0 Å². The zero-order valence-electron chi connectivity index (χ0n) is 5.41. The molecule has 9 heavy (non-hydrogen) atoms. The zero-order chi connectivity index (χ0) is 7.33. The van der Waals surface area contributed by atoms with Gasteiger partial charge in [0.05, 0.1) is 16.1 Å². The Morgan fingerprint density at radius 2 is 2.33 bits per heavy atom. The third-order valence-corrected chi connectivity index (χ3v) is 3.18. The van der Waals surface area contributed by atoms with Gasteiger partial charge >= 0.3 is 0 Å². The number of rotatable bonds is 4. The first kappa shape index (κ1) is 9.49. The lowest BCUT2D eigenvalue weighted by atomic mass is 10.8. The maximum atomic E-state index is 9.08. The van der Waals surface area contributed by atoms with E-state index in [0.717, 1.165) is 0 Å². The molecule has 0 aliphatic heterocycles. The van der Waals surface area contributed by atoms with Crippen molar-refractivity contribution in [3.8, 4) is 0 Å². The van der Waals surface area contributed by atoms with E-state index in [1.165, 1.54) is 16.6 Å². The molecule has 0 aliphatic rings. The number of hydrogen-bond donors (Lipinski definition) is 2. The van der Waals surface area contributed by atoms with E-state index >= 15 is 0 Å². The molecule has 0 saturated heterocycles. The van der Waals surface area contributed by atoms with Gasteiger partial charge in [-0.2, -0.15) is 0 Å². The van der Waals surface area contributed by atoms with Gasteiger partial charge in [-0.15, -0.1) is 0 Å². The molecule has 6 heteroatoms. The lowest BCUT2D eigenvalue weighted by Crippen LogP contribution is -2.07. The fourth-order valence-electron chi connectivity index (χ4n) is 0.248. The predicted octanol–water partition coefficient (Wildman–Crippen LogP) is -1.09. The first-order chi connectivity index (χ1) is 4.12. The van der Waals surface area contributed by atoms with Crippen LogP contribution < -0.4 is 5.73 Å². The van der Waals surface area contributed by atoms with Crippen LogP contribution in [-0.4, -0.2) is 34.6 Å². The summed E-state index contributed by atoms with van der Waals surface area (Å²) in [6.45, 7) is 0.756. The summed E-state index contributed by atoms with van der Waals surface area (Å²) in [5.74, 6) is 0. The molecule has 0 spiro atoms. The molecule has 1 atom stereocenters. The van der Waals surface area contributed by atoms with E-state index < -0.39 is 7.08 Å². The first-order valence-corrected chi connectivity index (χ1v) is 6.15. The summed E-state index contributed by atoms with van der Waals surface area (Å²) >= 11 is 0. The summed E-state index contributed by atoms with van der Waals surface area (Å²) < 4.78 is 9.50. The lowest BCUT2D eigenvalue weighted by molar-refractivity contribution is 0.230. The highest BCUT2D eigenvalue weighted by molar-refractivity contribution is 7.65. The standard InChI is InChI=1S/C3H12NO3PSi/c1-6-8(5,9)7-3-2-4/h5H,2-4,9H2,1H3. The Morgan fingerprint density at radius 3 is 2.67 bits per heavy atom. The summed E-state index contributed by atoms with van der Waals surface area (Å²) in [4.78, 5) is 9.08. The van der Waals surface area contributed by atoms with E-state index in [0.29, 0.717) is 13.2 Å². The van der Waals surface area contributed by atoms with E-state index in [1.54, 1.807) is 0 Å². The van der Waals surface area contributed by atoms with Crippen molar-refractivity contribution in [1.82, 2.24) is 0 Å². The highest BCUT2D eigenvalue weighted by atomic mass is 31.3. The Hall–Kier alpha value is 0.487. The molecule has 0 fully saturated rings. The average Bonchev–Trinajstić information content (AvgIpc) is 1.84. The van der Waals surface area contributed by atoms with Gasteiger partial charge in [-0.3, -0.25) is 0 Å². The smallest absolute Gasteiger partial charge is 0.208 e. The lowest BCUT2D eigenvalue weighted by Gasteiger charge is -2.14. The summed E-state index contributed by atoms with van der Waals surface area (Å²) in [6.07, 6.45) is 0. The van der Waals surface area contributed by atoms with Gasteiger partial charge in [-0.1, -0.05) is 0 Å². The molecule has 0 amide bonds. The van der Waals surface area contributed by atoms with Gasteiger partial charge in [0.15, 0.2) is 0 Å². The van der Waals surface area contributed by atoms with Gasteiger partial charge in [0.2, 0.25) is 7.08 Å². The van der Waals surface area contributed by atoms with Crippen LogP contribution in [0, 0.1) is 0 Å². The van der Waals surface area contributed by atoms with Crippen molar-refractivity contribution in [3.63, 3.8) is 0 Å². The van der Waals surface area contributed by atoms with Crippen LogP contribution in [-0.2, 0) is 9.05 Å². The molecular weight excluding hydrogens is 157 g/mol. The summed E-state index contributed by atoms with van der Waals surface area (Å²) in [7, 11) is 0.241. The van der Waals surface area contributed by atoms with Crippen molar-refractivity contribution in [3.05, 3.63) is 0 Å². The topological polar surface area (TPSA) is 64.7 Å². The van der Waals surface area contributed by atoms with Gasteiger partial charge in [0, 0.05) is 13.7 Å². The highest BCUT2D eigenvalue weighted by Crippen LogP contribution is 2.40. The molecule has 56 valence electrons. The number of hydrogen-bond acceptors (Lipinski definition) is 4. The molecule has 0 aromatic rings. The fourth-order valence-corrected chi connectivity index (χ4v) is 1.13. The monoisotopic (exact) mass is 169 g/mol. The molecule has 0 radical (unpaired) electrons. The van der Waals surface area contributed by atoms with E-state index in [9.17, 15) is 0 Å². The van der Waals surface area contributed by atoms with Crippen LogP contribution in [0.4, 0.5) is 0 Å². The van der Waals surface area contributed by atoms with Gasteiger partial charge in [-0.05, 0) is 0 Å². The maximum Gasteiger partial charge on any atom is 0.208 e. The second-order valence-corrected chi connectivity index (χ2v) is 5.74. The van der Waals surface area contributed by atoms with Crippen LogP contribution in [0.25, 0.3) is 0 Å². The van der Waals surface area contributed by atoms with Crippen molar-refractivity contribution in [2.24, 2.45) is 5.73 Å². The molecule has 3 N–H and O–H groups in total. The minimum absolute atomic E-state index is 0.349. The van der Waals surface area contributed by atoms with Crippen LogP contribution in [0.3, 0.4) is 0 Å². The van der Waals surface area contributed by atoms with E-state index in [2.05, 4.69) is 4.52 Å². The zero-order valence-corrected chi connectivity index (χ0v) is 7.72. The van der Waals surface area contributed by atoms with Crippen LogP contribution in [0.5, 0.6) is 0 Å². The second kappa shape index (κ2) is 4.33. The van der Waals surface area contributed by atoms with Crippen molar-refractivity contribution >= 4 is 16.6 Å². The molecule has 1 unspecified atom stereocenters. The minimum atomic E-state index is -2.49. The Balaban J connectivity index is 3.46. The van der Waals surface area contributed by atoms with Crippen molar-refractivity contribution in [2.45, 2.75) is 0 Å². The largest absolute Gasteiger partial charge is 0.338 e. The molecule has 4 nitrogen and oxygen atoms in total. The van der Waals surface area contributed by atoms with Crippen LogP contribution >= 0.6 is 7.08 Å². The van der Waals surface area contributed by atoms with E-state index in [1.807, 2.05) is 0 Å². The predicted molar refractivity (Wildman–Crippen MR) is 39.7 cm³/mol. The van der Waals surface area contributed by atoms with Gasteiger partial charge in [-0.25, -0.2) is 0 Å². The summed E-state index contributed by atoms with van der Waals surface area (Å²) in [5, 5.41) is 0. The van der Waals surface area contributed by atoms with Crippen molar-refractivity contribution in [2.75, 3.05) is 20.3 Å². The molecule has 0 heterocycles. The third kappa shape index (κ3) is 4.96. The quantitative estimate of drug-likeness (QED) is 0.414. The van der Waals surface area contributed by atoms with Gasteiger partial charge in [0.25, 0.3) is 0 Å². The van der Waals surface area contributed by atoms with Crippen molar-refractivity contribution in [1.29, 1.82) is 0 Å². The number of nitrogens with two attached hydrogens (primary N) is 1. The SMILES string of the molecule is COP(O)(=[SiH2])OCCN. The molecule has 0 rings (SSSR count). The second-order valence-electron chi connectivity index (χ2n) is 1.44. The highest BCUT2D eigenvalue weighted by Gasteiger charge is 2.04. The Kier molecular flexibility index (Phi) is 4.56. The molecule has 0 aromatic heterocycles. The van der Waals surface area contributed by atoms with E-state index in [4.69, 9.17) is 15.2 Å². The van der Waals surface area contributed by atoms with Crippen molar-refractivity contribution < 1.29 is 13.9 Å².